The van der Waals surface area contributed by atoms with Gasteiger partial charge in [-0.3, -0.25) is 15.3 Å². The summed E-state index contributed by atoms with van der Waals surface area (Å²) in [5.41, 5.74) is 6.31. The molecule has 0 saturated carbocycles. The van der Waals surface area contributed by atoms with Crippen molar-refractivity contribution in [3.8, 4) is 0 Å². The lowest BCUT2D eigenvalue weighted by Crippen LogP contribution is -2.47. The van der Waals surface area contributed by atoms with Crippen LogP contribution in [-0.2, 0) is 11.3 Å². The quantitative estimate of drug-likeness (QED) is 0.308. The first-order valence-corrected chi connectivity index (χ1v) is 5.84. The summed E-state index contributed by atoms with van der Waals surface area (Å²) in [4.78, 5) is 5.65. The zero-order chi connectivity index (χ0) is 13.4. The van der Waals surface area contributed by atoms with E-state index in [1.165, 1.54) is 4.90 Å². The van der Waals surface area contributed by atoms with Gasteiger partial charge in [0.15, 0.2) is 11.1 Å². The van der Waals surface area contributed by atoms with Gasteiger partial charge in [0.2, 0.25) is 0 Å². The molecule has 0 radical (unpaired) electrons. The Kier molecular flexibility index (Phi) is 6.03. The summed E-state index contributed by atoms with van der Waals surface area (Å²) in [5.74, 6) is -0.115. The maximum atomic E-state index is 7.53. The van der Waals surface area contributed by atoms with Crippen molar-refractivity contribution in [3.63, 3.8) is 0 Å². The fourth-order valence-electron chi connectivity index (χ4n) is 1.28. The lowest BCUT2D eigenvalue weighted by Gasteiger charge is -2.23. The second kappa shape index (κ2) is 7.57. The third-order valence-electron chi connectivity index (χ3n) is 2.16. The van der Waals surface area contributed by atoms with Crippen LogP contribution in [0.2, 0.25) is 0 Å². The first kappa shape index (κ1) is 14.3. The first-order valence-electron chi connectivity index (χ1n) is 5.43. The minimum atomic E-state index is -0.115. The largest absolute Gasteiger partial charge is 0.383 e. The van der Waals surface area contributed by atoms with Crippen LogP contribution in [0.15, 0.2) is 24.4 Å². The standard InChI is InChI=1S/C11H17N5OS/c1-17-7-6-15-11(18)16(10(12)13)8-9-4-2-3-5-14-9/h2-5H,6-8H2,1H3,(H3,12,13)(H,15,18). The summed E-state index contributed by atoms with van der Waals surface area (Å²) in [6, 6.07) is 5.56. The Balaban J connectivity index is 2.60. The molecule has 6 nitrogen and oxygen atoms in total. The first-order chi connectivity index (χ1) is 8.65. The Hall–Kier alpha value is -1.73. The Morgan fingerprint density at radius 2 is 2.39 bits per heavy atom. The maximum absolute atomic E-state index is 7.53. The molecule has 0 fully saturated rings. The molecule has 1 rings (SSSR count). The van der Waals surface area contributed by atoms with E-state index in [1.807, 2.05) is 18.2 Å². The number of pyridine rings is 1. The van der Waals surface area contributed by atoms with E-state index < -0.39 is 0 Å². The van der Waals surface area contributed by atoms with E-state index in [9.17, 15) is 0 Å². The Labute approximate surface area is 112 Å². The van der Waals surface area contributed by atoms with E-state index in [-0.39, 0.29) is 5.96 Å². The van der Waals surface area contributed by atoms with Crippen molar-refractivity contribution in [2.75, 3.05) is 20.3 Å². The molecule has 0 amide bonds. The molecule has 0 spiro atoms. The summed E-state index contributed by atoms with van der Waals surface area (Å²) in [7, 11) is 1.61. The molecule has 18 heavy (non-hydrogen) atoms. The molecule has 1 aromatic rings. The molecule has 1 heterocycles. The zero-order valence-electron chi connectivity index (χ0n) is 10.2. The van der Waals surface area contributed by atoms with Gasteiger partial charge in [0, 0.05) is 19.9 Å². The van der Waals surface area contributed by atoms with Crippen molar-refractivity contribution in [1.82, 2.24) is 15.2 Å². The highest BCUT2D eigenvalue weighted by Gasteiger charge is 2.13. The van der Waals surface area contributed by atoms with Gasteiger partial charge in [-0.25, -0.2) is 0 Å². The fourth-order valence-corrected chi connectivity index (χ4v) is 1.54. The summed E-state index contributed by atoms with van der Waals surface area (Å²) in [5, 5.41) is 10.9. The van der Waals surface area contributed by atoms with Crippen LogP contribution < -0.4 is 11.1 Å². The van der Waals surface area contributed by atoms with Gasteiger partial charge < -0.3 is 15.8 Å². The van der Waals surface area contributed by atoms with Crippen molar-refractivity contribution in [1.29, 1.82) is 5.41 Å². The molecular formula is C11H17N5OS. The molecular weight excluding hydrogens is 250 g/mol. The van der Waals surface area contributed by atoms with Crippen LogP contribution in [0.1, 0.15) is 5.69 Å². The number of thiocarbonyl (C=S) groups is 1. The predicted octanol–water partition coefficient (Wildman–Crippen LogP) is 0.298. The number of methoxy groups -OCH3 is 1. The lowest BCUT2D eigenvalue weighted by atomic mass is 10.3. The Morgan fingerprint density at radius 3 is 2.94 bits per heavy atom. The molecule has 0 saturated heterocycles. The maximum Gasteiger partial charge on any atom is 0.195 e. The van der Waals surface area contributed by atoms with E-state index >= 15 is 0 Å². The molecule has 0 unspecified atom stereocenters. The van der Waals surface area contributed by atoms with Crippen molar-refractivity contribution in [2.24, 2.45) is 5.73 Å². The third-order valence-corrected chi connectivity index (χ3v) is 2.53. The van der Waals surface area contributed by atoms with Crippen LogP contribution >= 0.6 is 12.2 Å². The number of aromatic nitrogens is 1. The van der Waals surface area contributed by atoms with Crippen LogP contribution in [-0.4, -0.2) is 41.2 Å². The number of hydrogen-bond acceptors (Lipinski definition) is 4. The molecule has 0 aliphatic heterocycles. The van der Waals surface area contributed by atoms with Gasteiger partial charge in [-0.1, -0.05) is 6.07 Å². The minimum absolute atomic E-state index is 0.115. The number of nitrogens with zero attached hydrogens (tertiary/aromatic N) is 2. The second-order valence-electron chi connectivity index (χ2n) is 3.52. The summed E-state index contributed by atoms with van der Waals surface area (Å²) in [6.45, 7) is 1.48. The molecule has 1 aromatic heterocycles. The lowest BCUT2D eigenvalue weighted by molar-refractivity contribution is 0.203. The Bertz CT molecular complexity index is 398. The van der Waals surface area contributed by atoms with Gasteiger partial charge >= 0.3 is 0 Å². The minimum Gasteiger partial charge on any atom is -0.383 e. The van der Waals surface area contributed by atoms with Crippen molar-refractivity contribution in [2.45, 2.75) is 6.54 Å². The van der Waals surface area contributed by atoms with E-state index in [4.69, 9.17) is 28.1 Å². The second-order valence-corrected chi connectivity index (χ2v) is 3.90. The highest BCUT2D eigenvalue weighted by molar-refractivity contribution is 7.80. The summed E-state index contributed by atoms with van der Waals surface area (Å²) >= 11 is 5.17. The highest BCUT2D eigenvalue weighted by atomic mass is 32.1. The van der Waals surface area contributed by atoms with Crippen LogP contribution in [0.5, 0.6) is 0 Å². The van der Waals surface area contributed by atoms with Crippen LogP contribution in [0.25, 0.3) is 0 Å². The molecule has 0 atom stereocenters. The molecule has 7 heteroatoms. The molecule has 0 bridgehead atoms. The van der Waals surface area contributed by atoms with Gasteiger partial charge in [0.25, 0.3) is 0 Å². The van der Waals surface area contributed by atoms with Gasteiger partial charge in [-0.05, 0) is 24.4 Å². The van der Waals surface area contributed by atoms with E-state index in [2.05, 4.69) is 10.3 Å². The number of nitrogens with two attached hydrogens (primary N) is 1. The molecule has 0 aromatic carbocycles. The van der Waals surface area contributed by atoms with Crippen molar-refractivity contribution < 1.29 is 4.74 Å². The number of hydrogen-bond donors (Lipinski definition) is 3. The molecule has 98 valence electrons. The highest BCUT2D eigenvalue weighted by Crippen LogP contribution is 2.01. The molecule has 0 aliphatic rings. The van der Waals surface area contributed by atoms with E-state index in [1.54, 1.807) is 13.3 Å². The number of rotatable bonds is 5. The van der Waals surface area contributed by atoms with Crippen molar-refractivity contribution in [3.05, 3.63) is 30.1 Å². The predicted molar refractivity (Wildman–Crippen MR) is 74.2 cm³/mol. The normalized spacial score (nSPS) is 9.83. The van der Waals surface area contributed by atoms with E-state index in [0.29, 0.717) is 24.8 Å². The van der Waals surface area contributed by atoms with Crippen LogP contribution in [0.4, 0.5) is 0 Å². The van der Waals surface area contributed by atoms with Gasteiger partial charge in [0.05, 0.1) is 18.8 Å². The summed E-state index contributed by atoms with van der Waals surface area (Å²) in [6.07, 6.45) is 1.69. The third kappa shape index (κ3) is 4.64. The summed E-state index contributed by atoms with van der Waals surface area (Å²) < 4.78 is 4.91. The number of nitrogens with one attached hydrogen (secondary N) is 2. The number of guanidine groups is 1. The monoisotopic (exact) mass is 267 g/mol. The molecule has 0 aliphatic carbocycles. The van der Waals surface area contributed by atoms with E-state index in [0.717, 1.165) is 5.69 Å². The van der Waals surface area contributed by atoms with Gasteiger partial charge in [-0.2, -0.15) is 0 Å². The number of ether oxygens (including phenoxy) is 1. The van der Waals surface area contributed by atoms with Crippen molar-refractivity contribution >= 4 is 23.3 Å². The molecule has 4 N–H and O–H groups in total. The fraction of sp³-hybridized carbons (Fsp3) is 0.364. The van der Waals surface area contributed by atoms with Gasteiger partial charge in [-0.15, -0.1) is 0 Å². The average Bonchev–Trinajstić information content (AvgIpc) is 2.37. The van der Waals surface area contributed by atoms with Crippen LogP contribution in [0.3, 0.4) is 0 Å². The average molecular weight is 267 g/mol. The smallest absolute Gasteiger partial charge is 0.195 e. The topological polar surface area (TPSA) is 87.3 Å². The Morgan fingerprint density at radius 1 is 1.61 bits per heavy atom. The zero-order valence-corrected chi connectivity index (χ0v) is 11.0. The SMILES string of the molecule is COCCNC(=S)N(Cc1ccccn1)C(=N)N. The van der Waals surface area contributed by atoms with Gasteiger partial charge in [0.1, 0.15) is 0 Å². The van der Waals surface area contributed by atoms with Crippen LogP contribution in [0, 0.1) is 5.41 Å².